The van der Waals surface area contributed by atoms with Crippen LogP contribution in [0.1, 0.15) is 26.7 Å². The summed E-state index contributed by atoms with van der Waals surface area (Å²) in [4.78, 5) is 24.1. The second-order valence-corrected chi connectivity index (χ2v) is 5.41. The highest BCUT2D eigenvalue weighted by atomic mass is 16.5. The first-order chi connectivity index (χ1) is 8.99. The molecule has 6 heteroatoms. The third-order valence-electron chi connectivity index (χ3n) is 3.08. The molecule has 0 saturated carbocycles. The average molecular weight is 272 g/mol. The van der Waals surface area contributed by atoms with Crippen LogP contribution in [-0.2, 0) is 9.53 Å². The number of hydrogen-bond donors (Lipinski definition) is 2. The molecule has 0 aliphatic carbocycles. The smallest absolute Gasteiger partial charge is 0.323 e. The number of hydrogen-bond acceptors (Lipinski definition) is 3. The molecule has 1 aliphatic heterocycles. The molecule has 1 saturated heterocycles. The number of nitrogens with one attached hydrogen (secondary N) is 1. The van der Waals surface area contributed by atoms with E-state index in [2.05, 4.69) is 5.32 Å². The number of carbonyl (C=O) groups is 2. The molecule has 0 unspecified atom stereocenters. The fourth-order valence-electron chi connectivity index (χ4n) is 2.12. The predicted molar refractivity (Wildman–Crippen MR) is 71.0 cm³/mol. The lowest BCUT2D eigenvalue weighted by Gasteiger charge is -2.26. The van der Waals surface area contributed by atoms with Gasteiger partial charge in [0.1, 0.15) is 6.54 Å². The summed E-state index contributed by atoms with van der Waals surface area (Å²) in [7, 11) is 0. The molecule has 0 aromatic rings. The molecule has 6 nitrogen and oxygen atoms in total. The largest absolute Gasteiger partial charge is 0.480 e. The van der Waals surface area contributed by atoms with Crippen molar-refractivity contribution < 1.29 is 19.4 Å². The maximum atomic E-state index is 12.0. The number of carbonyl (C=O) groups excluding carboxylic acids is 1. The summed E-state index contributed by atoms with van der Waals surface area (Å²) in [6, 6.07) is -0.289. The van der Waals surface area contributed by atoms with Gasteiger partial charge in [0.2, 0.25) is 0 Å². The first-order valence-electron chi connectivity index (χ1n) is 6.81. The molecule has 2 amide bonds. The van der Waals surface area contributed by atoms with Crippen LogP contribution in [0.5, 0.6) is 0 Å². The summed E-state index contributed by atoms with van der Waals surface area (Å²) in [6.07, 6.45) is 1.90. The first kappa shape index (κ1) is 15.8. The summed E-state index contributed by atoms with van der Waals surface area (Å²) < 4.78 is 5.26. The molecule has 1 aliphatic rings. The minimum absolute atomic E-state index is 0.244. The third-order valence-corrected chi connectivity index (χ3v) is 3.08. The lowest BCUT2D eigenvalue weighted by molar-refractivity contribution is -0.137. The van der Waals surface area contributed by atoms with Gasteiger partial charge in [0.05, 0.1) is 0 Å². The number of urea groups is 1. The predicted octanol–water partition coefficient (Wildman–Crippen LogP) is 1.17. The van der Waals surface area contributed by atoms with E-state index in [4.69, 9.17) is 9.84 Å². The van der Waals surface area contributed by atoms with E-state index < -0.39 is 5.97 Å². The molecule has 0 radical (unpaired) electrons. The van der Waals surface area contributed by atoms with Crippen LogP contribution < -0.4 is 5.32 Å². The molecule has 0 spiro atoms. The number of carboxylic acid groups (broad SMARTS) is 1. The van der Waals surface area contributed by atoms with Gasteiger partial charge in [-0.05, 0) is 24.7 Å². The summed E-state index contributed by atoms with van der Waals surface area (Å²) in [6.45, 7) is 6.19. The SMILES string of the molecule is CC(C)CN(CC(=O)O)C(=O)NCC1CCOCC1. The molecule has 1 rings (SSSR count). The van der Waals surface area contributed by atoms with Gasteiger partial charge in [-0.1, -0.05) is 13.8 Å². The molecular formula is C13H24N2O4. The number of carboxylic acids is 1. The molecule has 19 heavy (non-hydrogen) atoms. The Kier molecular flexibility index (Phi) is 6.62. The summed E-state index contributed by atoms with van der Waals surface area (Å²) in [5, 5.41) is 11.7. The maximum absolute atomic E-state index is 12.0. The van der Waals surface area contributed by atoms with E-state index in [1.165, 1.54) is 4.90 Å². The van der Waals surface area contributed by atoms with Crippen LogP contribution in [-0.4, -0.2) is 54.9 Å². The molecule has 1 heterocycles. The van der Waals surface area contributed by atoms with Gasteiger partial charge in [-0.15, -0.1) is 0 Å². The van der Waals surface area contributed by atoms with Crippen molar-refractivity contribution in [3.8, 4) is 0 Å². The minimum Gasteiger partial charge on any atom is -0.480 e. The lowest BCUT2D eigenvalue weighted by atomic mass is 10.0. The zero-order valence-corrected chi connectivity index (χ0v) is 11.7. The van der Waals surface area contributed by atoms with Gasteiger partial charge in [0.15, 0.2) is 0 Å². The molecule has 110 valence electrons. The monoisotopic (exact) mass is 272 g/mol. The summed E-state index contributed by atoms with van der Waals surface area (Å²) in [5.41, 5.74) is 0. The Balaban J connectivity index is 2.39. The van der Waals surface area contributed by atoms with Crippen molar-refractivity contribution in [2.75, 3.05) is 32.8 Å². The Labute approximate surface area is 114 Å². The Morgan fingerprint density at radius 3 is 2.53 bits per heavy atom. The molecule has 0 bridgehead atoms. The van der Waals surface area contributed by atoms with Crippen LogP contribution in [0.25, 0.3) is 0 Å². The highest BCUT2D eigenvalue weighted by Gasteiger charge is 2.20. The van der Waals surface area contributed by atoms with E-state index in [1.807, 2.05) is 13.8 Å². The molecule has 2 N–H and O–H groups in total. The number of amides is 2. The number of ether oxygens (including phenoxy) is 1. The van der Waals surface area contributed by atoms with Crippen molar-refractivity contribution in [2.24, 2.45) is 11.8 Å². The average Bonchev–Trinajstić information content (AvgIpc) is 2.35. The number of rotatable bonds is 6. The molecular weight excluding hydrogens is 248 g/mol. The van der Waals surface area contributed by atoms with Crippen LogP contribution in [0.2, 0.25) is 0 Å². The van der Waals surface area contributed by atoms with Crippen LogP contribution >= 0.6 is 0 Å². The Hall–Kier alpha value is -1.30. The second-order valence-electron chi connectivity index (χ2n) is 5.41. The molecule has 0 aromatic carbocycles. The van der Waals surface area contributed by atoms with E-state index in [0.29, 0.717) is 19.0 Å². The third kappa shape index (κ3) is 6.42. The van der Waals surface area contributed by atoms with E-state index in [0.717, 1.165) is 26.1 Å². The Bertz CT molecular complexity index is 301. The second kappa shape index (κ2) is 7.99. The Morgan fingerprint density at radius 2 is 2.00 bits per heavy atom. The van der Waals surface area contributed by atoms with Gasteiger partial charge in [-0.25, -0.2) is 4.79 Å². The highest BCUT2D eigenvalue weighted by Crippen LogP contribution is 2.13. The van der Waals surface area contributed by atoms with E-state index in [9.17, 15) is 9.59 Å². The van der Waals surface area contributed by atoms with E-state index in [-0.39, 0.29) is 18.5 Å². The number of aliphatic carboxylic acids is 1. The summed E-state index contributed by atoms with van der Waals surface area (Å²) >= 11 is 0. The highest BCUT2D eigenvalue weighted by molar-refractivity contribution is 5.80. The van der Waals surface area contributed by atoms with Crippen molar-refractivity contribution in [1.82, 2.24) is 10.2 Å². The molecule has 0 aromatic heterocycles. The van der Waals surface area contributed by atoms with E-state index in [1.54, 1.807) is 0 Å². The summed E-state index contributed by atoms with van der Waals surface area (Å²) in [5.74, 6) is -0.307. The van der Waals surface area contributed by atoms with E-state index >= 15 is 0 Å². The van der Waals surface area contributed by atoms with Gasteiger partial charge in [-0.2, -0.15) is 0 Å². The van der Waals surface area contributed by atoms with Crippen molar-refractivity contribution in [3.63, 3.8) is 0 Å². The minimum atomic E-state index is -0.984. The normalized spacial score (nSPS) is 16.4. The zero-order valence-electron chi connectivity index (χ0n) is 11.7. The standard InChI is InChI=1S/C13H24N2O4/c1-10(2)8-15(9-12(16)17)13(18)14-7-11-3-5-19-6-4-11/h10-11H,3-9H2,1-2H3,(H,14,18)(H,16,17). The van der Waals surface area contributed by atoms with Crippen LogP contribution in [0, 0.1) is 11.8 Å². The van der Waals surface area contributed by atoms with Gasteiger partial charge in [0, 0.05) is 26.3 Å². The van der Waals surface area contributed by atoms with Crippen LogP contribution in [0.4, 0.5) is 4.79 Å². The lowest BCUT2D eigenvalue weighted by Crippen LogP contribution is -2.46. The fraction of sp³-hybridized carbons (Fsp3) is 0.846. The van der Waals surface area contributed by atoms with Gasteiger partial charge >= 0.3 is 12.0 Å². The van der Waals surface area contributed by atoms with Crippen LogP contribution in [0.15, 0.2) is 0 Å². The molecule has 1 fully saturated rings. The van der Waals surface area contributed by atoms with Crippen LogP contribution in [0.3, 0.4) is 0 Å². The van der Waals surface area contributed by atoms with Gasteiger partial charge in [-0.3, -0.25) is 4.79 Å². The molecule has 0 atom stereocenters. The fourth-order valence-corrected chi connectivity index (χ4v) is 2.12. The van der Waals surface area contributed by atoms with Crippen molar-refractivity contribution in [1.29, 1.82) is 0 Å². The van der Waals surface area contributed by atoms with Gasteiger partial charge < -0.3 is 20.1 Å². The van der Waals surface area contributed by atoms with Crippen molar-refractivity contribution in [3.05, 3.63) is 0 Å². The van der Waals surface area contributed by atoms with Crippen molar-refractivity contribution in [2.45, 2.75) is 26.7 Å². The maximum Gasteiger partial charge on any atom is 0.323 e. The topological polar surface area (TPSA) is 78.9 Å². The van der Waals surface area contributed by atoms with Gasteiger partial charge in [0.25, 0.3) is 0 Å². The first-order valence-corrected chi connectivity index (χ1v) is 6.81. The number of nitrogens with zero attached hydrogens (tertiary/aromatic N) is 1. The quantitative estimate of drug-likeness (QED) is 0.760. The zero-order chi connectivity index (χ0) is 14.3. The Morgan fingerprint density at radius 1 is 1.37 bits per heavy atom. The van der Waals surface area contributed by atoms with Crippen molar-refractivity contribution >= 4 is 12.0 Å².